The number of hydrogen-bond donors (Lipinski definition) is 1. The van der Waals surface area contributed by atoms with Gasteiger partial charge in [0.25, 0.3) is 0 Å². The first-order valence-electron chi connectivity index (χ1n) is 4.81. The van der Waals surface area contributed by atoms with Crippen LogP contribution in [-0.4, -0.2) is 18.9 Å². The van der Waals surface area contributed by atoms with E-state index in [1.54, 1.807) is 0 Å². The van der Waals surface area contributed by atoms with Gasteiger partial charge in [0.05, 0.1) is 6.54 Å². The Kier molecular flexibility index (Phi) is 4.39. The maximum atomic E-state index is 11.7. The topological polar surface area (TPSA) is 38.3 Å². The number of thiophene rings is 1. The third kappa shape index (κ3) is 5.08. The van der Waals surface area contributed by atoms with E-state index in [0.717, 1.165) is 15.3 Å². The lowest BCUT2D eigenvalue weighted by Crippen LogP contribution is -2.28. The molecule has 1 aromatic rings. The van der Waals surface area contributed by atoms with Crippen LogP contribution in [0.2, 0.25) is 0 Å². The fraction of sp³-hybridized carbons (Fsp3) is 0.500. The molecule has 0 radical (unpaired) electrons. The molecule has 1 aromatic heterocycles. The quantitative estimate of drug-likeness (QED) is 0.913. The second kappa shape index (κ2) is 5.39. The van der Waals surface area contributed by atoms with E-state index in [1.165, 1.54) is 11.3 Å². The standard InChI is InChI=1S/C10H12F3NO2S/c1-6-3-8(17-7(6)2)4-14-9(15)16-5-10(11,12)13/h3H,4-5H2,1-2H3,(H,14,15). The lowest BCUT2D eigenvalue weighted by molar-refractivity contribution is -0.160. The number of alkyl halides is 3. The molecule has 0 atom stereocenters. The molecule has 0 bridgehead atoms. The van der Waals surface area contributed by atoms with Crippen molar-refractivity contribution in [3.05, 3.63) is 21.4 Å². The van der Waals surface area contributed by atoms with Gasteiger partial charge in [-0.15, -0.1) is 11.3 Å². The maximum absolute atomic E-state index is 11.7. The number of rotatable bonds is 3. The number of amides is 1. The van der Waals surface area contributed by atoms with Crippen LogP contribution in [0.3, 0.4) is 0 Å². The van der Waals surface area contributed by atoms with Gasteiger partial charge in [0.1, 0.15) is 0 Å². The summed E-state index contributed by atoms with van der Waals surface area (Å²) in [6.45, 7) is 2.47. The molecule has 7 heteroatoms. The van der Waals surface area contributed by atoms with E-state index in [9.17, 15) is 18.0 Å². The van der Waals surface area contributed by atoms with E-state index < -0.39 is 18.9 Å². The van der Waals surface area contributed by atoms with Gasteiger partial charge >= 0.3 is 12.3 Å². The molecule has 96 valence electrons. The van der Waals surface area contributed by atoms with Crippen molar-refractivity contribution < 1.29 is 22.7 Å². The van der Waals surface area contributed by atoms with E-state index in [2.05, 4.69) is 10.1 Å². The van der Waals surface area contributed by atoms with Gasteiger partial charge in [-0.3, -0.25) is 0 Å². The van der Waals surface area contributed by atoms with Crippen molar-refractivity contribution in [1.29, 1.82) is 0 Å². The summed E-state index contributed by atoms with van der Waals surface area (Å²) in [5.41, 5.74) is 1.09. The Morgan fingerprint density at radius 1 is 1.47 bits per heavy atom. The third-order valence-electron chi connectivity index (χ3n) is 1.99. The van der Waals surface area contributed by atoms with Crippen LogP contribution in [0.5, 0.6) is 0 Å². The lowest BCUT2D eigenvalue weighted by atomic mass is 10.3. The monoisotopic (exact) mass is 267 g/mol. The average molecular weight is 267 g/mol. The Morgan fingerprint density at radius 3 is 2.59 bits per heavy atom. The van der Waals surface area contributed by atoms with Gasteiger partial charge in [0.15, 0.2) is 6.61 Å². The first kappa shape index (κ1) is 13.8. The van der Waals surface area contributed by atoms with Crippen LogP contribution in [0.4, 0.5) is 18.0 Å². The van der Waals surface area contributed by atoms with Gasteiger partial charge in [-0.2, -0.15) is 13.2 Å². The van der Waals surface area contributed by atoms with E-state index in [1.807, 2.05) is 19.9 Å². The van der Waals surface area contributed by atoms with Crippen molar-refractivity contribution in [2.45, 2.75) is 26.6 Å². The molecule has 0 aromatic carbocycles. The number of carbonyl (C=O) groups is 1. The fourth-order valence-corrected chi connectivity index (χ4v) is 2.09. The Bertz CT molecular complexity index is 381. The number of aryl methyl sites for hydroxylation is 2. The molecule has 0 aliphatic heterocycles. The molecule has 0 unspecified atom stereocenters. The summed E-state index contributed by atoms with van der Waals surface area (Å²) in [5, 5.41) is 2.26. The molecule has 0 saturated carbocycles. The smallest absolute Gasteiger partial charge is 0.422 e. The molecule has 0 spiro atoms. The first-order chi connectivity index (χ1) is 7.78. The highest BCUT2D eigenvalue weighted by atomic mass is 32.1. The molecule has 0 aliphatic carbocycles. The van der Waals surface area contributed by atoms with Crippen LogP contribution in [-0.2, 0) is 11.3 Å². The Morgan fingerprint density at radius 2 is 2.12 bits per heavy atom. The summed E-state index contributed by atoms with van der Waals surface area (Å²) in [6.07, 6.45) is -5.56. The van der Waals surface area contributed by atoms with Crippen molar-refractivity contribution in [3.63, 3.8) is 0 Å². The predicted molar refractivity (Wildman–Crippen MR) is 58.0 cm³/mol. The van der Waals surface area contributed by atoms with Gasteiger partial charge in [0, 0.05) is 9.75 Å². The zero-order valence-electron chi connectivity index (χ0n) is 9.35. The van der Waals surface area contributed by atoms with Crippen molar-refractivity contribution in [2.24, 2.45) is 0 Å². The highest BCUT2D eigenvalue weighted by molar-refractivity contribution is 7.12. The van der Waals surface area contributed by atoms with E-state index >= 15 is 0 Å². The van der Waals surface area contributed by atoms with Crippen LogP contribution >= 0.6 is 11.3 Å². The number of alkyl carbamates (subject to hydrolysis) is 1. The Balaban J connectivity index is 2.33. The van der Waals surface area contributed by atoms with Crippen LogP contribution in [0.25, 0.3) is 0 Å². The number of halogens is 3. The van der Waals surface area contributed by atoms with Crippen molar-refractivity contribution in [1.82, 2.24) is 5.32 Å². The Labute approximate surface area is 101 Å². The highest BCUT2D eigenvalue weighted by Crippen LogP contribution is 2.20. The maximum Gasteiger partial charge on any atom is 0.422 e. The molecule has 0 fully saturated rings. The summed E-state index contributed by atoms with van der Waals surface area (Å²) >= 11 is 1.49. The Hall–Kier alpha value is -1.24. The van der Waals surface area contributed by atoms with Crippen molar-refractivity contribution in [2.75, 3.05) is 6.61 Å². The van der Waals surface area contributed by atoms with E-state index in [4.69, 9.17) is 0 Å². The average Bonchev–Trinajstić information content (AvgIpc) is 2.51. The molecule has 1 amide bonds. The molecule has 0 aliphatic rings. The molecule has 17 heavy (non-hydrogen) atoms. The first-order valence-corrected chi connectivity index (χ1v) is 5.63. The second-order valence-electron chi connectivity index (χ2n) is 3.50. The highest BCUT2D eigenvalue weighted by Gasteiger charge is 2.29. The zero-order valence-corrected chi connectivity index (χ0v) is 10.2. The van der Waals surface area contributed by atoms with Gasteiger partial charge in [0.2, 0.25) is 0 Å². The minimum Gasteiger partial charge on any atom is -0.440 e. The number of carbonyl (C=O) groups excluding carboxylic acids is 1. The van der Waals surface area contributed by atoms with Crippen LogP contribution in [0.15, 0.2) is 6.07 Å². The lowest BCUT2D eigenvalue weighted by Gasteiger charge is -2.08. The van der Waals surface area contributed by atoms with Gasteiger partial charge < -0.3 is 10.1 Å². The number of nitrogens with one attached hydrogen (secondary N) is 1. The number of hydrogen-bond acceptors (Lipinski definition) is 3. The summed E-state index contributed by atoms with van der Waals surface area (Å²) in [4.78, 5) is 12.9. The summed E-state index contributed by atoms with van der Waals surface area (Å²) in [7, 11) is 0. The fourth-order valence-electron chi connectivity index (χ4n) is 1.09. The molecule has 1 rings (SSSR count). The molecular formula is C10H12F3NO2S. The van der Waals surface area contributed by atoms with Crippen LogP contribution < -0.4 is 5.32 Å². The summed E-state index contributed by atoms with van der Waals surface area (Å²) in [6, 6.07) is 1.88. The summed E-state index contributed by atoms with van der Waals surface area (Å²) in [5.74, 6) is 0. The van der Waals surface area contributed by atoms with E-state index in [-0.39, 0.29) is 6.54 Å². The normalized spacial score (nSPS) is 11.4. The molecule has 0 saturated heterocycles. The second-order valence-corrected chi connectivity index (χ2v) is 4.84. The van der Waals surface area contributed by atoms with Gasteiger partial charge in [-0.25, -0.2) is 4.79 Å². The number of ether oxygens (including phenoxy) is 1. The van der Waals surface area contributed by atoms with Gasteiger partial charge in [-0.1, -0.05) is 0 Å². The minimum atomic E-state index is -4.49. The van der Waals surface area contributed by atoms with Gasteiger partial charge in [-0.05, 0) is 25.5 Å². The van der Waals surface area contributed by atoms with Crippen LogP contribution in [0.1, 0.15) is 15.3 Å². The largest absolute Gasteiger partial charge is 0.440 e. The van der Waals surface area contributed by atoms with Crippen molar-refractivity contribution >= 4 is 17.4 Å². The van der Waals surface area contributed by atoms with Crippen LogP contribution in [0, 0.1) is 13.8 Å². The van der Waals surface area contributed by atoms with E-state index in [0.29, 0.717) is 0 Å². The molecular weight excluding hydrogens is 255 g/mol. The molecule has 1 heterocycles. The SMILES string of the molecule is Cc1cc(CNC(=O)OCC(F)(F)F)sc1C. The van der Waals surface area contributed by atoms with Crippen molar-refractivity contribution in [3.8, 4) is 0 Å². The molecule has 3 nitrogen and oxygen atoms in total. The minimum absolute atomic E-state index is 0.177. The third-order valence-corrected chi connectivity index (χ3v) is 3.14. The zero-order chi connectivity index (χ0) is 13.1. The summed E-state index contributed by atoms with van der Waals surface area (Å²) < 4.78 is 39.2. The predicted octanol–water partition coefficient (Wildman–Crippen LogP) is 3.15. The molecule has 1 N–H and O–H groups in total.